The first-order chi connectivity index (χ1) is 8.54. The summed E-state index contributed by atoms with van der Waals surface area (Å²) >= 11 is 5.87. The van der Waals surface area contributed by atoms with Crippen LogP contribution in [0.5, 0.6) is 0 Å². The molecule has 0 saturated heterocycles. The molecule has 2 aromatic rings. The quantitative estimate of drug-likeness (QED) is 0.879. The first-order valence-corrected chi connectivity index (χ1v) is 6.49. The molecule has 0 fully saturated rings. The van der Waals surface area contributed by atoms with Crippen LogP contribution < -0.4 is 0 Å². The van der Waals surface area contributed by atoms with E-state index in [1.54, 1.807) is 12.1 Å². The summed E-state index contributed by atoms with van der Waals surface area (Å²) in [5.41, 5.74) is 1.99. The maximum Gasteiger partial charge on any atom is 0.112 e. The topological polar surface area (TPSA) is 20.2 Å². The molecule has 0 radical (unpaired) electrons. The summed E-state index contributed by atoms with van der Waals surface area (Å²) in [6, 6.07) is 15.4. The number of hydrogen-bond donors (Lipinski definition) is 1. The fraction of sp³-hybridized carbons (Fsp3) is 0.250. The highest BCUT2D eigenvalue weighted by Crippen LogP contribution is 2.30. The summed E-state index contributed by atoms with van der Waals surface area (Å²) in [4.78, 5) is 0. The largest absolute Gasteiger partial charge is 0.381 e. The molecule has 0 aliphatic rings. The Morgan fingerprint density at radius 2 is 1.72 bits per heavy atom. The van der Waals surface area contributed by atoms with Gasteiger partial charge in [-0.2, -0.15) is 0 Å². The summed E-state index contributed by atoms with van der Waals surface area (Å²) in [6.45, 7) is 3.92. The van der Waals surface area contributed by atoms with Crippen LogP contribution in [0.3, 0.4) is 0 Å². The Morgan fingerprint density at radius 1 is 1.06 bits per heavy atom. The molecule has 1 nitrogen and oxygen atoms in total. The average Bonchev–Trinajstić information content (AvgIpc) is 2.39. The highest BCUT2D eigenvalue weighted by Gasteiger charge is 2.25. The van der Waals surface area contributed by atoms with Crippen LogP contribution in [0.25, 0.3) is 0 Å². The predicted molar refractivity (Wildman–Crippen MR) is 75.9 cm³/mol. The number of benzene rings is 2. The van der Waals surface area contributed by atoms with Crippen LogP contribution in [0.2, 0.25) is 5.02 Å². The summed E-state index contributed by atoms with van der Waals surface area (Å²) in [5.74, 6) is 0. The number of rotatable bonds is 3. The Labute approximate surface area is 113 Å². The van der Waals surface area contributed by atoms with Gasteiger partial charge in [0.2, 0.25) is 0 Å². The molecule has 1 N–H and O–H groups in total. The summed E-state index contributed by atoms with van der Waals surface area (Å²) in [5, 5.41) is 11.4. The second kappa shape index (κ2) is 5.13. The lowest BCUT2D eigenvalue weighted by Gasteiger charge is -2.25. The van der Waals surface area contributed by atoms with Crippen molar-refractivity contribution in [2.24, 2.45) is 0 Å². The first-order valence-electron chi connectivity index (χ1n) is 6.12. The second-order valence-corrected chi connectivity index (χ2v) is 5.07. The van der Waals surface area contributed by atoms with Gasteiger partial charge >= 0.3 is 0 Å². The molecule has 1 unspecified atom stereocenters. The Kier molecular flexibility index (Phi) is 3.74. The van der Waals surface area contributed by atoms with Crippen molar-refractivity contribution in [3.63, 3.8) is 0 Å². The number of halogens is 1. The van der Waals surface area contributed by atoms with E-state index < -0.39 is 5.60 Å². The second-order valence-electron chi connectivity index (χ2n) is 4.63. The Balaban J connectivity index is 2.43. The van der Waals surface area contributed by atoms with Crippen LogP contribution in [0.4, 0.5) is 0 Å². The Morgan fingerprint density at radius 3 is 2.33 bits per heavy atom. The van der Waals surface area contributed by atoms with Crippen molar-refractivity contribution in [3.05, 3.63) is 70.2 Å². The van der Waals surface area contributed by atoms with Crippen molar-refractivity contribution in [1.29, 1.82) is 0 Å². The molecule has 2 aromatic carbocycles. The molecule has 0 bridgehead atoms. The molecule has 2 rings (SSSR count). The molecule has 0 spiro atoms. The summed E-state index contributed by atoms with van der Waals surface area (Å²) < 4.78 is 0. The zero-order valence-corrected chi connectivity index (χ0v) is 11.4. The third-order valence-corrected chi connectivity index (χ3v) is 3.56. The van der Waals surface area contributed by atoms with E-state index in [4.69, 9.17) is 11.6 Å². The summed E-state index contributed by atoms with van der Waals surface area (Å²) in [7, 11) is 0. The van der Waals surface area contributed by atoms with Crippen LogP contribution in [-0.4, -0.2) is 5.11 Å². The van der Waals surface area contributed by atoms with Gasteiger partial charge in [-0.3, -0.25) is 0 Å². The molecule has 0 aromatic heterocycles. The monoisotopic (exact) mass is 260 g/mol. The van der Waals surface area contributed by atoms with Crippen molar-refractivity contribution in [2.45, 2.75) is 25.9 Å². The van der Waals surface area contributed by atoms with Crippen LogP contribution in [0.15, 0.2) is 48.5 Å². The standard InChI is InChI=1S/C16H17ClO/c1-3-12-5-4-6-14(11-12)16(2,18)13-7-9-15(17)10-8-13/h4-11,18H,3H2,1-2H3. The molecular weight excluding hydrogens is 244 g/mol. The van der Waals surface area contributed by atoms with Gasteiger partial charge in [-0.15, -0.1) is 0 Å². The van der Waals surface area contributed by atoms with E-state index in [9.17, 15) is 5.11 Å². The van der Waals surface area contributed by atoms with Crippen LogP contribution in [0, 0.1) is 0 Å². The maximum atomic E-state index is 10.7. The van der Waals surface area contributed by atoms with Gasteiger partial charge in [0, 0.05) is 5.02 Å². The average molecular weight is 261 g/mol. The first kappa shape index (κ1) is 13.1. The maximum absolute atomic E-state index is 10.7. The molecule has 2 heteroatoms. The zero-order chi connectivity index (χ0) is 13.2. The fourth-order valence-electron chi connectivity index (χ4n) is 2.04. The van der Waals surface area contributed by atoms with E-state index in [-0.39, 0.29) is 0 Å². The van der Waals surface area contributed by atoms with E-state index in [1.165, 1.54) is 5.56 Å². The highest BCUT2D eigenvalue weighted by atomic mass is 35.5. The van der Waals surface area contributed by atoms with Crippen molar-refractivity contribution >= 4 is 11.6 Å². The van der Waals surface area contributed by atoms with Gasteiger partial charge in [0.15, 0.2) is 0 Å². The summed E-state index contributed by atoms with van der Waals surface area (Å²) in [6.07, 6.45) is 0.963. The molecular formula is C16H17ClO. The number of aryl methyl sites for hydroxylation is 1. The molecule has 0 heterocycles. The van der Waals surface area contributed by atoms with Gasteiger partial charge in [0.05, 0.1) is 0 Å². The third-order valence-electron chi connectivity index (χ3n) is 3.30. The van der Waals surface area contributed by atoms with E-state index in [1.807, 2.05) is 31.2 Å². The zero-order valence-electron chi connectivity index (χ0n) is 10.7. The van der Waals surface area contributed by atoms with Gasteiger partial charge in [-0.25, -0.2) is 0 Å². The Bertz CT molecular complexity index is 529. The van der Waals surface area contributed by atoms with Crippen LogP contribution in [0.1, 0.15) is 30.5 Å². The normalized spacial score (nSPS) is 14.2. The highest BCUT2D eigenvalue weighted by molar-refractivity contribution is 6.30. The van der Waals surface area contributed by atoms with Gasteiger partial charge in [-0.05, 0) is 42.2 Å². The van der Waals surface area contributed by atoms with Crippen LogP contribution >= 0.6 is 11.6 Å². The Hall–Kier alpha value is -1.31. The van der Waals surface area contributed by atoms with Gasteiger partial charge in [0.25, 0.3) is 0 Å². The lowest BCUT2D eigenvalue weighted by Crippen LogP contribution is -2.22. The fourth-order valence-corrected chi connectivity index (χ4v) is 2.16. The van der Waals surface area contributed by atoms with Gasteiger partial charge in [-0.1, -0.05) is 54.9 Å². The number of aliphatic hydroxyl groups is 1. The van der Waals surface area contributed by atoms with E-state index in [0.717, 1.165) is 17.5 Å². The van der Waals surface area contributed by atoms with Crippen molar-refractivity contribution in [1.82, 2.24) is 0 Å². The lowest BCUT2D eigenvalue weighted by molar-refractivity contribution is 0.102. The molecule has 0 saturated carbocycles. The smallest absolute Gasteiger partial charge is 0.112 e. The number of hydrogen-bond acceptors (Lipinski definition) is 1. The SMILES string of the molecule is CCc1cccc(C(C)(O)c2ccc(Cl)cc2)c1. The van der Waals surface area contributed by atoms with E-state index in [2.05, 4.69) is 19.1 Å². The van der Waals surface area contributed by atoms with Crippen molar-refractivity contribution in [2.75, 3.05) is 0 Å². The molecule has 0 aliphatic carbocycles. The van der Waals surface area contributed by atoms with E-state index in [0.29, 0.717) is 5.02 Å². The third kappa shape index (κ3) is 2.58. The molecule has 1 atom stereocenters. The van der Waals surface area contributed by atoms with Crippen molar-refractivity contribution < 1.29 is 5.11 Å². The minimum atomic E-state index is -0.990. The van der Waals surface area contributed by atoms with Crippen molar-refractivity contribution in [3.8, 4) is 0 Å². The molecule has 18 heavy (non-hydrogen) atoms. The van der Waals surface area contributed by atoms with Gasteiger partial charge in [0.1, 0.15) is 5.60 Å². The van der Waals surface area contributed by atoms with Crippen LogP contribution in [-0.2, 0) is 12.0 Å². The lowest BCUT2D eigenvalue weighted by atomic mass is 9.87. The predicted octanol–water partition coefficient (Wildman–Crippen LogP) is 4.16. The molecule has 94 valence electrons. The molecule has 0 amide bonds. The van der Waals surface area contributed by atoms with Gasteiger partial charge < -0.3 is 5.11 Å². The van der Waals surface area contributed by atoms with E-state index >= 15 is 0 Å². The minimum absolute atomic E-state index is 0.678. The molecule has 0 aliphatic heterocycles. The minimum Gasteiger partial charge on any atom is -0.381 e.